The normalized spacial score (nSPS) is 13.9. The third-order valence-electron chi connectivity index (χ3n) is 3.64. The maximum absolute atomic E-state index is 8.55. The van der Waals surface area contributed by atoms with Gasteiger partial charge in [0.25, 0.3) is 0 Å². The molecule has 0 bridgehead atoms. The summed E-state index contributed by atoms with van der Waals surface area (Å²) in [5, 5.41) is 0. The maximum Gasteiger partial charge on any atom is 0.104 e. The lowest BCUT2D eigenvalue weighted by Crippen LogP contribution is -3.09. The van der Waals surface area contributed by atoms with Crippen molar-refractivity contribution < 1.29 is 24.1 Å². The molecule has 23 heavy (non-hydrogen) atoms. The fourth-order valence-corrected chi connectivity index (χ4v) is 2.82. The first kappa shape index (κ1) is 17.6. The van der Waals surface area contributed by atoms with E-state index in [0.29, 0.717) is 0 Å². The van der Waals surface area contributed by atoms with Gasteiger partial charge in [-0.1, -0.05) is 55.1 Å². The van der Waals surface area contributed by atoms with E-state index in [9.17, 15) is 0 Å². The predicted molar refractivity (Wildman–Crippen MR) is 82.9 cm³/mol. The highest BCUT2D eigenvalue weighted by Gasteiger charge is 2.20. The molecule has 0 unspecified atom stereocenters. The Kier molecular flexibility index (Phi) is 5.88. The summed E-state index contributed by atoms with van der Waals surface area (Å²) in [5.41, 5.74) is 5.68. The summed E-state index contributed by atoms with van der Waals surface area (Å²) in [4.78, 5) is 27.2. The van der Waals surface area contributed by atoms with Gasteiger partial charge in [0.15, 0.2) is 0 Å². The molecule has 0 saturated heterocycles. The van der Waals surface area contributed by atoms with Crippen LogP contribution in [-0.2, 0) is 17.7 Å². The first-order valence-corrected chi connectivity index (χ1v) is 8.68. The summed E-state index contributed by atoms with van der Waals surface area (Å²) in [5.74, 6) is 0. The minimum atomic E-state index is -5.39. The van der Waals surface area contributed by atoms with Crippen LogP contribution in [0.3, 0.4) is 0 Å². The van der Waals surface area contributed by atoms with Crippen molar-refractivity contribution >= 4 is 7.82 Å². The van der Waals surface area contributed by atoms with Crippen molar-refractivity contribution in [2.24, 2.45) is 0 Å². The van der Waals surface area contributed by atoms with Crippen molar-refractivity contribution in [3.05, 3.63) is 72.3 Å². The molecule has 6 heteroatoms. The van der Waals surface area contributed by atoms with Gasteiger partial charge in [0, 0.05) is 11.1 Å². The summed E-state index contributed by atoms with van der Waals surface area (Å²) in [6, 6.07) is 17.5. The van der Waals surface area contributed by atoms with Crippen LogP contribution in [-0.4, -0.2) is 6.54 Å². The zero-order chi connectivity index (χ0) is 16.9. The average Bonchev–Trinajstić information content (AvgIpc) is 2.62. The molecule has 122 valence electrons. The molecule has 0 saturated carbocycles. The van der Waals surface area contributed by atoms with Gasteiger partial charge >= 0.3 is 0 Å². The van der Waals surface area contributed by atoms with Crippen molar-refractivity contribution in [3.63, 3.8) is 0 Å². The molecule has 0 radical (unpaired) electrons. The van der Waals surface area contributed by atoms with Crippen LogP contribution in [0.4, 0.5) is 0 Å². The van der Waals surface area contributed by atoms with Crippen LogP contribution in [0.15, 0.2) is 61.2 Å². The smallest absolute Gasteiger partial charge is 0.104 e. The van der Waals surface area contributed by atoms with E-state index < -0.39 is 7.82 Å². The molecular formula is C17H18NO4P-2. The van der Waals surface area contributed by atoms with Crippen molar-refractivity contribution in [2.75, 3.05) is 6.54 Å². The minimum absolute atomic E-state index is 1.02. The topological polar surface area (TPSA) is 90.7 Å². The molecule has 1 N–H and O–H groups in total. The Morgan fingerprint density at radius 1 is 0.957 bits per heavy atom. The van der Waals surface area contributed by atoms with Gasteiger partial charge in [-0.05, 0) is 17.2 Å². The van der Waals surface area contributed by atoms with E-state index in [-0.39, 0.29) is 0 Å². The van der Waals surface area contributed by atoms with Gasteiger partial charge in [-0.3, -0.25) is 0 Å². The van der Waals surface area contributed by atoms with Crippen LogP contribution in [0.1, 0.15) is 11.1 Å². The fraction of sp³-hybridized carbons (Fsp3) is 0.176. The highest BCUT2D eigenvalue weighted by molar-refractivity contribution is 7.40. The van der Waals surface area contributed by atoms with E-state index in [1.165, 1.54) is 22.3 Å². The van der Waals surface area contributed by atoms with E-state index in [4.69, 9.17) is 19.2 Å². The van der Waals surface area contributed by atoms with E-state index in [1.807, 2.05) is 6.08 Å². The van der Waals surface area contributed by atoms with Gasteiger partial charge in [0.1, 0.15) is 13.1 Å². The van der Waals surface area contributed by atoms with E-state index >= 15 is 0 Å². The molecule has 0 aliphatic carbocycles. The van der Waals surface area contributed by atoms with Gasteiger partial charge in [0.05, 0.1) is 6.54 Å². The Hall–Kier alpha value is -1.75. The second-order valence-corrected chi connectivity index (χ2v) is 6.25. The Morgan fingerprint density at radius 2 is 1.35 bits per heavy atom. The zero-order valence-electron chi connectivity index (χ0n) is 12.6. The molecule has 1 aliphatic rings. The average molecular weight is 331 g/mol. The SMILES string of the molecule is C=CC[NH+]1Cc2ccccc2-c2ccccc2C1.O=P([O-])([O-])[O-]. The Morgan fingerprint density at radius 3 is 1.74 bits per heavy atom. The molecule has 0 spiro atoms. The molecule has 2 aromatic rings. The van der Waals surface area contributed by atoms with Crippen LogP contribution in [0.5, 0.6) is 0 Å². The standard InChI is InChI=1S/C17H17N.H3O4P/c1-2-11-18-12-14-7-3-5-9-16(14)17-10-6-4-8-15(17)13-18;1-5(2,3)4/h2-10H,1,11-13H2;(H3,1,2,3,4)/p-2. The fourth-order valence-electron chi connectivity index (χ4n) is 2.82. The predicted octanol–water partition coefficient (Wildman–Crippen LogP) is -0.386. The lowest BCUT2D eigenvalue weighted by Gasteiger charge is -2.36. The van der Waals surface area contributed by atoms with Gasteiger partial charge in [-0.15, -0.1) is 0 Å². The van der Waals surface area contributed by atoms with E-state index in [0.717, 1.165) is 19.6 Å². The van der Waals surface area contributed by atoms with Crippen LogP contribution in [0, 0.1) is 0 Å². The number of hydrogen-bond acceptors (Lipinski definition) is 4. The van der Waals surface area contributed by atoms with Crippen molar-refractivity contribution in [2.45, 2.75) is 13.1 Å². The minimum Gasteiger partial charge on any atom is -0.822 e. The van der Waals surface area contributed by atoms with Gasteiger partial charge in [-0.2, -0.15) is 7.82 Å². The van der Waals surface area contributed by atoms with E-state index in [2.05, 4.69) is 55.1 Å². The van der Waals surface area contributed by atoms with Gasteiger partial charge in [-0.25, -0.2) is 0 Å². The largest absolute Gasteiger partial charge is 0.822 e. The number of quaternary nitrogens is 1. The lowest BCUT2D eigenvalue weighted by atomic mass is 9.97. The van der Waals surface area contributed by atoms with Crippen molar-refractivity contribution in [3.8, 4) is 11.1 Å². The number of hydrogen-bond donors (Lipinski definition) is 1. The summed E-state index contributed by atoms with van der Waals surface area (Å²) in [6.07, 6.45) is 2.02. The second-order valence-electron chi connectivity index (χ2n) is 5.36. The number of phosphoric acid groups is 1. The van der Waals surface area contributed by atoms with Crippen LogP contribution < -0.4 is 19.6 Å². The highest BCUT2D eigenvalue weighted by atomic mass is 31.2. The third kappa shape index (κ3) is 5.43. The summed E-state index contributed by atoms with van der Waals surface area (Å²) in [6.45, 7) is 7.05. The number of nitrogens with one attached hydrogen (secondary N) is 1. The molecule has 1 heterocycles. The van der Waals surface area contributed by atoms with Crippen LogP contribution >= 0.6 is 7.82 Å². The molecule has 3 rings (SSSR count). The number of rotatable bonds is 2. The van der Waals surface area contributed by atoms with Crippen LogP contribution in [0.25, 0.3) is 11.1 Å². The molecule has 0 atom stereocenters. The number of fused-ring (bicyclic) bond motifs is 3. The third-order valence-corrected chi connectivity index (χ3v) is 3.64. The highest BCUT2D eigenvalue weighted by Crippen LogP contribution is 2.28. The van der Waals surface area contributed by atoms with Crippen molar-refractivity contribution in [1.29, 1.82) is 0 Å². The molecule has 0 amide bonds. The quantitative estimate of drug-likeness (QED) is 0.600. The van der Waals surface area contributed by atoms with Crippen LogP contribution in [0.2, 0.25) is 0 Å². The molecular weight excluding hydrogens is 313 g/mol. The second kappa shape index (κ2) is 7.68. The zero-order valence-corrected chi connectivity index (χ0v) is 13.5. The maximum atomic E-state index is 8.55. The molecule has 0 fully saturated rings. The Labute approximate surface area is 135 Å². The first-order valence-electron chi connectivity index (χ1n) is 7.22. The lowest BCUT2D eigenvalue weighted by molar-refractivity contribution is -0.921. The monoisotopic (exact) mass is 331 g/mol. The Bertz CT molecular complexity index is 670. The van der Waals surface area contributed by atoms with Crippen molar-refractivity contribution in [1.82, 2.24) is 0 Å². The molecule has 1 aliphatic heterocycles. The molecule has 0 aromatic heterocycles. The first-order chi connectivity index (χ1) is 10.9. The molecule has 5 nitrogen and oxygen atoms in total. The van der Waals surface area contributed by atoms with Gasteiger partial charge in [0.2, 0.25) is 0 Å². The summed E-state index contributed by atoms with van der Waals surface area (Å²) < 4.78 is 8.55. The summed E-state index contributed by atoms with van der Waals surface area (Å²) in [7, 11) is -5.39. The van der Waals surface area contributed by atoms with E-state index in [1.54, 1.807) is 4.90 Å². The van der Waals surface area contributed by atoms with Gasteiger partial charge < -0.3 is 24.1 Å². The molecule has 2 aromatic carbocycles. The summed E-state index contributed by atoms with van der Waals surface area (Å²) >= 11 is 0. The Balaban J connectivity index is 0.000000338. The number of benzene rings is 2.